The highest BCUT2D eigenvalue weighted by Gasteiger charge is 2.20. The van der Waals surface area contributed by atoms with Crippen LogP contribution in [0.3, 0.4) is 0 Å². The summed E-state index contributed by atoms with van der Waals surface area (Å²) >= 11 is 0. The standard InChI is InChI=1S/C20H19NO4/c1-13-10-15-11-14(6-7-17(15)24-13)20(22)21-9-8-16-12-23-18-4-2-3-5-19(18)25-16/h2-7,10-11,16H,8-9,12H2,1H3,(H,21,22)/t16-/m1/s1. The maximum Gasteiger partial charge on any atom is 0.251 e. The zero-order valence-corrected chi connectivity index (χ0v) is 14.0. The molecule has 0 fully saturated rings. The predicted octanol–water partition coefficient (Wildman–Crippen LogP) is 3.70. The topological polar surface area (TPSA) is 60.7 Å². The Labute approximate surface area is 145 Å². The van der Waals surface area contributed by atoms with Gasteiger partial charge in [-0.15, -0.1) is 0 Å². The van der Waals surface area contributed by atoms with E-state index in [-0.39, 0.29) is 12.0 Å². The molecule has 0 unspecified atom stereocenters. The van der Waals surface area contributed by atoms with Crippen LogP contribution in [0.5, 0.6) is 11.5 Å². The molecule has 0 spiro atoms. The van der Waals surface area contributed by atoms with Gasteiger partial charge >= 0.3 is 0 Å². The average molecular weight is 337 g/mol. The molecule has 1 atom stereocenters. The number of benzene rings is 2. The van der Waals surface area contributed by atoms with Crippen molar-refractivity contribution in [3.05, 3.63) is 59.9 Å². The predicted molar refractivity (Wildman–Crippen MR) is 94.3 cm³/mol. The Kier molecular flexibility index (Phi) is 4.06. The molecule has 0 saturated heterocycles. The lowest BCUT2D eigenvalue weighted by molar-refractivity contribution is 0.0813. The molecule has 5 nitrogen and oxygen atoms in total. The van der Waals surface area contributed by atoms with Crippen molar-refractivity contribution in [2.75, 3.05) is 13.2 Å². The number of carbonyl (C=O) groups is 1. The van der Waals surface area contributed by atoms with E-state index < -0.39 is 0 Å². The summed E-state index contributed by atoms with van der Waals surface area (Å²) in [6.45, 7) is 2.91. The molecule has 0 bridgehead atoms. The number of fused-ring (bicyclic) bond motifs is 2. The van der Waals surface area contributed by atoms with Crippen molar-refractivity contribution in [3.8, 4) is 11.5 Å². The molecule has 1 aromatic heterocycles. The minimum atomic E-state index is -0.0992. The average Bonchev–Trinajstić information content (AvgIpc) is 3.00. The van der Waals surface area contributed by atoms with Crippen molar-refractivity contribution in [3.63, 3.8) is 0 Å². The molecule has 1 amide bonds. The number of carbonyl (C=O) groups excluding carboxylic acids is 1. The van der Waals surface area contributed by atoms with Gasteiger partial charge in [-0.1, -0.05) is 12.1 Å². The van der Waals surface area contributed by atoms with Gasteiger partial charge < -0.3 is 19.2 Å². The maximum atomic E-state index is 12.3. The van der Waals surface area contributed by atoms with Crippen LogP contribution in [0.25, 0.3) is 11.0 Å². The van der Waals surface area contributed by atoms with E-state index in [0.29, 0.717) is 25.1 Å². The molecule has 1 N–H and O–H groups in total. The Morgan fingerprint density at radius 1 is 1.16 bits per heavy atom. The fourth-order valence-corrected chi connectivity index (χ4v) is 2.97. The van der Waals surface area contributed by atoms with E-state index in [2.05, 4.69) is 5.32 Å². The molecular formula is C20H19NO4. The molecule has 1 aliphatic rings. The second kappa shape index (κ2) is 6.51. The molecule has 2 heterocycles. The van der Waals surface area contributed by atoms with Gasteiger partial charge in [-0.25, -0.2) is 0 Å². The summed E-state index contributed by atoms with van der Waals surface area (Å²) in [5, 5.41) is 3.87. The number of ether oxygens (including phenoxy) is 2. The molecule has 128 valence electrons. The lowest BCUT2D eigenvalue weighted by atomic mass is 10.1. The van der Waals surface area contributed by atoms with Gasteiger partial charge in [-0.3, -0.25) is 4.79 Å². The number of nitrogens with one attached hydrogen (secondary N) is 1. The number of para-hydroxylation sites is 2. The molecular weight excluding hydrogens is 318 g/mol. The third-order valence-electron chi connectivity index (χ3n) is 4.22. The van der Waals surface area contributed by atoms with Crippen LogP contribution in [0, 0.1) is 6.92 Å². The summed E-state index contributed by atoms with van der Waals surface area (Å²) in [5.74, 6) is 2.26. The number of furan rings is 1. The van der Waals surface area contributed by atoms with Crippen LogP contribution in [-0.4, -0.2) is 25.2 Å². The summed E-state index contributed by atoms with van der Waals surface area (Å²) in [4.78, 5) is 12.3. The van der Waals surface area contributed by atoms with E-state index in [1.807, 2.05) is 49.4 Å². The second-order valence-electron chi connectivity index (χ2n) is 6.15. The summed E-state index contributed by atoms with van der Waals surface area (Å²) in [6, 6.07) is 15.0. The number of hydrogen-bond donors (Lipinski definition) is 1. The Morgan fingerprint density at radius 2 is 2.00 bits per heavy atom. The van der Waals surface area contributed by atoms with Crippen LogP contribution in [0.4, 0.5) is 0 Å². The first-order valence-electron chi connectivity index (χ1n) is 8.36. The molecule has 0 radical (unpaired) electrons. The smallest absolute Gasteiger partial charge is 0.251 e. The molecule has 1 aliphatic heterocycles. The molecule has 0 saturated carbocycles. The third-order valence-corrected chi connectivity index (χ3v) is 4.22. The maximum absolute atomic E-state index is 12.3. The van der Waals surface area contributed by atoms with Crippen LogP contribution < -0.4 is 14.8 Å². The second-order valence-corrected chi connectivity index (χ2v) is 6.15. The van der Waals surface area contributed by atoms with Gasteiger partial charge in [0.25, 0.3) is 5.91 Å². The van der Waals surface area contributed by atoms with Crippen LogP contribution >= 0.6 is 0 Å². The Morgan fingerprint density at radius 3 is 2.88 bits per heavy atom. The van der Waals surface area contributed by atoms with E-state index in [4.69, 9.17) is 13.9 Å². The molecule has 0 aliphatic carbocycles. The van der Waals surface area contributed by atoms with Crippen molar-refractivity contribution in [1.82, 2.24) is 5.32 Å². The first-order valence-corrected chi connectivity index (χ1v) is 8.36. The Balaban J connectivity index is 1.33. The highest BCUT2D eigenvalue weighted by Crippen LogP contribution is 2.31. The summed E-state index contributed by atoms with van der Waals surface area (Å²) in [7, 11) is 0. The van der Waals surface area contributed by atoms with Gasteiger partial charge in [0.15, 0.2) is 11.5 Å². The van der Waals surface area contributed by atoms with E-state index in [1.54, 1.807) is 6.07 Å². The van der Waals surface area contributed by atoms with Gasteiger partial charge in [-0.05, 0) is 43.3 Å². The van der Waals surface area contributed by atoms with Gasteiger partial charge in [-0.2, -0.15) is 0 Å². The Bertz CT molecular complexity index is 915. The molecule has 25 heavy (non-hydrogen) atoms. The minimum Gasteiger partial charge on any atom is -0.486 e. The fourth-order valence-electron chi connectivity index (χ4n) is 2.97. The normalized spacial score (nSPS) is 16.0. The van der Waals surface area contributed by atoms with Gasteiger partial charge in [0.1, 0.15) is 24.1 Å². The molecule has 4 rings (SSSR count). The van der Waals surface area contributed by atoms with E-state index in [0.717, 1.165) is 28.2 Å². The summed E-state index contributed by atoms with van der Waals surface area (Å²) < 4.78 is 17.1. The minimum absolute atomic E-state index is 0.0609. The van der Waals surface area contributed by atoms with Crippen molar-refractivity contribution in [2.24, 2.45) is 0 Å². The van der Waals surface area contributed by atoms with Crippen molar-refractivity contribution in [1.29, 1.82) is 0 Å². The van der Waals surface area contributed by atoms with E-state index in [9.17, 15) is 4.79 Å². The molecule has 2 aromatic carbocycles. The number of aryl methyl sites for hydroxylation is 1. The molecule has 3 aromatic rings. The SMILES string of the molecule is Cc1cc2cc(C(=O)NCC[C@@H]3COc4ccccc4O3)ccc2o1. The quantitative estimate of drug-likeness (QED) is 0.788. The van der Waals surface area contributed by atoms with Crippen LogP contribution in [0.2, 0.25) is 0 Å². The lowest BCUT2D eigenvalue weighted by Crippen LogP contribution is -2.34. The zero-order valence-electron chi connectivity index (χ0n) is 14.0. The fraction of sp³-hybridized carbons (Fsp3) is 0.250. The van der Waals surface area contributed by atoms with Gasteiger partial charge in [0.2, 0.25) is 0 Å². The first kappa shape index (κ1) is 15.6. The van der Waals surface area contributed by atoms with E-state index in [1.165, 1.54) is 0 Å². The van der Waals surface area contributed by atoms with Crippen molar-refractivity contribution < 1.29 is 18.7 Å². The van der Waals surface area contributed by atoms with Crippen LogP contribution in [0.15, 0.2) is 52.9 Å². The lowest BCUT2D eigenvalue weighted by Gasteiger charge is -2.26. The van der Waals surface area contributed by atoms with Crippen molar-refractivity contribution >= 4 is 16.9 Å². The first-order chi connectivity index (χ1) is 12.2. The van der Waals surface area contributed by atoms with Crippen molar-refractivity contribution in [2.45, 2.75) is 19.4 Å². The van der Waals surface area contributed by atoms with Gasteiger partial charge in [0, 0.05) is 23.9 Å². The largest absolute Gasteiger partial charge is 0.486 e. The highest BCUT2D eigenvalue weighted by atomic mass is 16.6. The third kappa shape index (κ3) is 3.31. The van der Waals surface area contributed by atoms with Crippen LogP contribution in [-0.2, 0) is 0 Å². The Hall–Kier alpha value is -2.95. The molecule has 5 heteroatoms. The number of rotatable bonds is 4. The monoisotopic (exact) mass is 337 g/mol. The van der Waals surface area contributed by atoms with E-state index >= 15 is 0 Å². The van der Waals surface area contributed by atoms with Crippen LogP contribution in [0.1, 0.15) is 22.5 Å². The number of hydrogen-bond acceptors (Lipinski definition) is 4. The summed E-state index contributed by atoms with van der Waals surface area (Å²) in [5.41, 5.74) is 1.42. The highest BCUT2D eigenvalue weighted by molar-refractivity contribution is 5.97. The number of amides is 1. The summed E-state index contributed by atoms with van der Waals surface area (Å²) in [6.07, 6.45) is 0.627. The zero-order chi connectivity index (χ0) is 17.2. The van der Waals surface area contributed by atoms with Gasteiger partial charge in [0.05, 0.1) is 0 Å².